The average molecular weight is 511 g/mol. The maximum absolute atomic E-state index is 13.9. The van der Waals surface area contributed by atoms with Gasteiger partial charge in [0.1, 0.15) is 23.7 Å². The van der Waals surface area contributed by atoms with Gasteiger partial charge in [-0.3, -0.25) is 14.6 Å². The van der Waals surface area contributed by atoms with E-state index in [-0.39, 0.29) is 19.0 Å². The molecule has 0 radical (unpaired) electrons. The number of amides is 1. The molecule has 0 bridgehead atoms. The summed E-state index contributed by atoms with van der Waals surface area (Å²) in [7, 11) is 3.18. The Balaban J connectivity index is 1.65. The summed E-state index contributed by atoms with van der Waals surface area (Å²) in [5.74, 6) is -0.211. The van der Waals surface area contributed by atoms with E-state index in [9.17, 15) is 23.2 Å². The lowest BCUT2D eigenvalue weighted by atomic mass is 9.98. The quantitative estimate of drug-likeness (QED) is 0.449. The van der Waals surface area contributed by atoms with Crippen LogP contribution in [0.2, 0.25) is 0 Å². The molecule has 194 valence electrons. The second kappa shape index (κ2) is 11.6. The fraction of sp³-hybridized carbons (Fsp3) is 0.357. The van der Waals surface area contributed by atoms with E-state index in [1.165, 1.54) is 19.2 Å². The van der Waals surface area contributed by atoms with Crippen LogP contribution in [-0.4, -0.2) is 73.9 Å². The van der Waals surface area contributed by atoms with Gasteiger partial charge in [0.25, 0.3) is 6.43 Å². The number of hydrogen-bond acceptors (Lipinski definition) is 5. The molecule has 0 spiro atoms. The number of halogens is 3. The molecular weight excluding hydrogens is 481 g/mol. The highest BCUT2D eigenvalue weighted by Gasteiger charge is 2.33. The number of carbonyl (C=O) groups is 1. The van der Waals surface area contributed by atoms with E-state index in [1.807, 2.05) is 29.2 Å². The van der Waals surface area contributed by atoms with E-state index in [4.69, 9.17) is 4.74 Å². The molecule has 1 amide bonds. The highest BCUT2D eigenvalue weighted by Crippen LogP contribution is 2.34. The molecule has 4 rings (SSSR count). The first-order valence-corrected chi connectivity index (χ1v) is 12.1. The standard InChI is InChI=1S/C28H29F3N4O2/c1-33(17-24-23-6-4-3-5-20(23)15-21(16-32)27(24)37-2)28(36)26(19-7-9-22(29)10-8-19)35-13-11-34(12-14-35)18-25(30)31/h3-10,15,25-26H,11-14,17-18H2,1-2H3. The van der Waals surface area contributed by atoms with E-state index < -0.39 is 18.3 Å². The van der Waals surface area contributed by atoms with Crippen LogP contribution in [0.5, 0.6) is 5.75 Å². The van der Waals surface area contributed by atoms with Crippen LogP contribution in [0.25, 0.3) is 10.8 Å². The van der Waals surface area contributed by atoms with Gasteiger partial charge in [0.2, 0.25) is 5.91 Å². The van der Waals surface area contributed by atoms with E-state index in [2.05, 4.69) is 6.07 Å². The maximum Gasteiger partial charge on any atom is 0.251 e. The maximum atomic E-state index is 13.9. The Bertz CT molecular complexity index is 1290. The summed E-state index contributed by atoms with van der Waals surface area (Å²) in [5.41, 5.74) is 1.72. The Morgan fingerprint density at radius 3 is 2.41 bits per heavy atom. The van der Waals surface area contributed by atoms with Crippen LogP contribution in [-0.2, 0) is 11.3 Å². The van der Waals surface area contributed by atoms with E-state index >= 15 is 0 Å². The molecule has 1 fully saturated rings. The Kier molecular flexibility index (Phi) is 8.31. The van der Waals surface area contributed by atoms with Gasteiger partial charge in [0.15, 0.2) is 0 Å². The first-order chi connectivity index (χ1) is 17.8. The molecule has 0 aliphatic carbocycles. The molecule has 1 aliphatic heterocycles. The molecular formula is C28H29F3N4O2. The van der Waals surface area contributed by atoms with Gasteiger partial charge in [-0.15, -0.1) is 0 Å². The first-order valence-electron chi connectivity index (χ1n) is 12.1. The van der Waals surface area contributed by atoms with Crippen molar-refractivity contribution in [1.29, 1.82) is 5.26 Å². The summed E-state index contributed by atoms with van der Waals surface area (Å²) < 4.78 is 45.0. The highest BCUT2D eigenvalue weighted by molar-refractivity contribution is 5.91. The summed E-state index contributed by atoms with van der Waals surface area (Å²) in [6, 6.07) is 16.6. The van der Waals surface area contributed by atoms with Crippen LogP contribution in [0.3, 0.4) is 0 Å². The van der Waals surface area contributed by atoms with Crippen molar-refractivity contribution in [2.75, 3.05) is 46.9 Å². The van der Waals surface area contributed by atoms with Crippen molar-refractivity contribution in [3.05, 3.63) is 77.1 Å². The summed E-state index contributed by atoms with van der Waals surface area (Å²) in [6.45, 7) is 1.53. The van der Waals surface area contributed by atoms with Gasteiger partial charge < -0.3 is 9.64 Å². The van der Waals surface area contributed by atoms with Crippen molar-refractivity contribution in [2.24, 2.45) is 0 Å². The van der Waals surface area contributed by atoms with E-state index in [0.717, 1.165) is 10.8 Å². The number of nitriles is 1. The summed E-state index contributed by atoms with van der Waals surface area (Å²) in [4.78, 5) is 19.1. The summed E-state index contributed by atoms with van der Waals surface area (Å²) in [5, 5.41) is 11.4. The van der Waals surface area contributed by atoms with Gasteiger partial charge in [-0.05, 0) is 34.5 Å². The van der Waals surface area contributed by atoms with Crippen molar-refractivity contribution in [1.82, 2.24) is 14.7 Å². The molecule has 9 heteroatoms. The fourth-order valence-corrected chi connectivity index (χ4v) is 4.95. The van der Waals surface area contributed by atoms with Crippen molar-refractivity contribution < 1.29 is 22.7 Å². The Hall–Kier alpha value is -3.61. The van der Waals surface area contributed by atoms with E-state index in [0.29, 0.717) is 48.6 Å². The predicted octanol–water partition coefficient (Wildman–Crippen LogP) is 4.44. The molecule has 6 nitrogen and oxygen atoms in total. The number of likely N-dealkylation sites (N-methyl/N-ethyl adjacent to an activating group) is 1. The minimum atomic E-state index is -2.42. The van der Waals surface area contributed by atoms with Crippen LogP contribution in [0.15, 0.2) is 54.6 Å². The molecule has 3 aromatic carbocycles. The molecule has 1 saturated heterocycles. The van der Waals surface area contributed by atoms with Crippen LogP contribution in [0.1, 0.15) is 22.7 Å². The van der Waals surface area contributed by atoms with Crippen molar-refractivity contribution in [2.45, 2.75) is 19.0 Å². The van der Waals surface area contributed by atoms with Gasteiger partial charge in [-0.1, -0.05) is 36.4 Å². The molecule has 0 N–H and O–H groups in total. The Labute approximate surface area is 214 Å². The number of methoxy groups -OCH3 is 1. The fourth-order valence-electron chi connectivity index (χ4n) is 4.95. The van der Waals surface area contributed by atoms with E-state index in [1.54, 1.807) is 35.0 Å². The van der Waals surface area contributed by atoms with Crippen LogP contribution >= 0.6 is 0 Å². The van der Waals surface area contributed by atoms with Gasteiger partial charge in [-0.25, -0.2) is 13.2 Å². The molecule has 1 atom stereocenters. The second-order valence-corrected chi connectivity index (χ2v) is 9.14. The summed E-state index contributed by atoms with van der Waals surface area (Å²) in [6.07, 6.45) is -2.42. The molecule has 1 heterocycles. The predicted molar refractivity (Wildman–Crippen MR) is 135 cm³/mol. The number of carbonyl (C=O) groups excluding carboxylic acids is 1. The number of rotatable bonds is 8. The lowest BCUT2D eigenvalue weighted by molar-refractivity contribution is -0.137. The van der Waals surface area contributed by atoms with Crippen LogP contribution in [0.4, 0.5) is 13.2 Å². The molecule has 0 aromatic heterocycles. The molecule has 3 aromatic rings. The normalized spacial score (nSPS) is 15.5. The zero-order valence-electron chi connectivity index (χ0n) is 20.8. The third-order valence-electron chi connectivity index (χ3n) is 6.79. The van der Waals surface area contributed by atoms with Gasteiger partial charge in [0.05, 0.1) is 19.2 Å². The third kappa shape index (κ3) is 5.87. The SMILES string of the molecule is COc1c(C#N)cc2ccccc2c1CN(C)C(=O)C(c1ccc(F)cc1)N1CCN(CC(F)F)CC1. The lowest BCUT2D eigenvalue weighted by Crippen LogP contribution is -2.51. The molecule has 37 heavy (non-hydrogen) atoms. The minimum absolute atomic E-state index is 0.182. The Morgan fingerprint density at radius 1 is 1.11 bits per heavy atom. The van der Waals surface area contributed by atoms with Crippen molar-refractivity contribution >= 4 is 16.7 Å². The first kappa shape index (κ1) is 26.5. The van der Waals surface area contributed by atoms with Crippen molar-refractivity contribution in [3.63, 3.8) is 0 Å². The topological polar surface area (TPSA) is 59.8 Å². The molecule has 1 aliphatic rings. The second-order valence-electron chi connectivity index (χ2n) is 9.14. The van der Waals surface area contributed by atoms with Gasteiger partial charge in [-0.2, -0.15) is 5.26 Å². The third-order valence-corrected chi connectivity index (χ3v) is 6.79. The smallest absolute Gasteiger partial charge is 0.251 e. The Morgan fingerprint density at radius 2 is 1.78 bits per heavy atom. The minimum Gasteiger partial charge on any atom is -0.495 e. The van der Waals surface area contributed by atoms with Crippen LogP contribution in [0, 0.1) is 17.1 Å². The zero-order valence-corrected chi connectivity index (χ0v) is 20.8. The number of piperazine rings is 1. The van der Waals surface area contributed by atoms with Gasteiger partial charge >= 0.3 is 0 Å². The van der Waals surface area contributed by atoms with Gasteiger partial charge in [0, 0.05) is 45.3 Å². The monoisotopic (exact) mass is 510 g/mol. The highest BCUT2D eigenvalue weighted by atomic mass is 19.3. The number of alkyl halides is 2. The molecule has 0 saturated carbocycles. The lowest BCUT2D eigenvalue weighted by Gasteiger charge is -2.40. The largest absolute Gasteiger partial charge is 0.495 e. The number of nitrogens with zero attached hydrogens (tertiary/aromatic N) is 4. The number of benzene rings is 3. The van der Waals surface area contributed by atoms with Crippen LogP contribution < -0.4 is 4.74 Å². The average Bonchev–Trinajstić information content (AvgIpc) is 2.90. The molecule has 1 unspecified atom stereocenters. The summed E-state index contributed by atoms with van der Waals surface area (Å²) >= 11 is 0. The zero-order chi connectivity index (χ0) is 26.5. The number of ether oxygens (including phenoxy) is 1. The number of hydrogen-bond donors (Lipinski definition) is 0. The van der Waals surface area contributed by atoms with Crippen molar-refractivity contribution in [3.8, 4) is 11.8 Å². The number of fused-ring (bicyclic) bond motifs is 1.